The van der Waals surface area contributed by atoms with Gasteiger partial charge in [0.05, 0.1) is 12.5 Å². The summed E-state index contributed by atoms with van der Waals surface area (Å²) >= 11 is 0. The molecule has 0 aliphatic carbocycles. The summed E-state index contributed by atoms with van der Waals surface area (Å²) in [6.45, 7) is 3.47. The monoisotopic (exact) mass is 291 g/mol. The molecule has 19 heavy (non-hydrogen) atoms. The van der Waals surface area contributed by atoms with Gasteiger partial charge in [0.1, 0.15) is 0 Å². The molecule has 2 N–H and O–H groups in total. The van der Waals surface area contributed by atoms with Gasteiger partial charge in [0, 0.05) is 32.2 Å². The molecule has 2 fully saturated rings. The number of carbonyl (C=O) groups is 1. The summed E-state index contributed by atoms with van der Waals surface area (Å²) in [5, 5.41) is 0. The molecule has 0 aromatic carbocycles. The predicted octanol–water partition coefficient (Wildman–Crippen LogP) is -0.851. The number of hydrogen-bond donors (Lipinski definition) is 1. The van der Waals surface area contributed by atoms with E-state index in [0.717, 1.165) is 0 Å². The van der Waals surface area contributed by atoms with Gasteiger partial charge in [-0.15, -0.1) is 0 Å². The summed E-state index contributed by atoms with van der Waals surface area (Å²) in [4.78, 5) is 11.7. The maximum Gasteiger partial charge on any atom is 0.310 e. The van der Waals surface area contributed by atoms with Crippen LogP contribution in [0.3, 0.4) is 0 Å². The number of carbonyl (C=O) groups excluding carboxylic acids is 1. The van der Waals surface area contributed by atoms with E-state index < -0.39 is 10.2 Å². The van der Waals surface area contributed by atoms with Gasteiger partial charge >= 0.3 is 5.97 Å². The van der Waals surface area contributed by atoms with Crippen molar-refractivity contribution < 1.29 is 17.9 Å². The van der Waals surface area contributed by atoms with E-state index in [0.29, 0.717) is 39.1 Å². The molecule has 2 saturated heterocycles. The first-order valence-electron chi connectivity index (χ1n) is 6.62. The summed E-state index contributed by atoms with van der Waals surface area (Å²) in [6, 6.07) is -0.0691. The zero-order valence-corrected chi connectivity index (χ0v) is 11.9. The molecule has 0 radical (unpaired) electrons. The van der Waals surface area contributed by atoms with E-state index in [9.17, 15) is 13.2 Å². The van der Waals surface area contributed by atoms with Gasteiger partial charge in [0.2, 0.25) is 0 Å². The molecule has 1 atom stereocenters. The van der Waals surface area contributed by atoms with Crippen LogP contribution < -0.4 is 5.73 Å². The van der Waals surface area contributed by atoms with Gasteiger partial charge in [0.25, 0.3) is 10.2 Å². The fourth-order valence-electron chi connectivity index (χ4n) is 2.43. The molecular formula is C11H21N3O4S. The van der Waals surface area contributed by atoms with Gasteiger partial charge in [0.15, 0.2) is 0 Å². The first-order valence-corrected chi connectivity index (χ1v) is 8.02. The quantitative estimate of drug-likeness (QED) is 0.681. The van der Waals surface area contributed by atoms with E-state index in [1.807, 2.05) is 0 Å². The summed E-state index contributed by atoms with van der Waals surface area (Å²) < 4.78 is 32.3. The van der Waals surface area contributed by atoms with Crippen LogP contribution in [0.5, 0.6) is 0 Å². The maximum atomic E-state index is 12.3. The van der Waals surface area contributed by atoms with Crippen molar-refractivity contribution in [1.29, 1.82) is 0 Å². The van der Waals surface area contributed by atoms with Crippen molar-refractivity contribution in [3.63, 3.8) is 0 Å². The lowest BCUT2D eigenvalue weighted by Crippen LogP contribution is -2.62. The van der Waals surface area contributed by atoms with E-state index in [2.05, 4.69) is 0 Å². The smallest absolute Gasteiger partial charge is 0.310 e. The predicted molar refractivity (Wildman–Crippen MR) is 69.4 cm³/mol. The Balaban J connectivity index is 1.99. The average Bonchev–Trinajstić information content (AvgIpc) is 2.35. The second-order valence-corrected chi connectivity index (χ2v) is 6.96. The van der Waals surface area contributed by atoms with Crippen molar-refractivity contribution in [3.8, 4) is 0 Å². The molecule has 2 aliphatic rings. The third-order valence-corrected chi connectivity index (χ3v) is 5.47. The number of rotatable bonds is 4. The van der Waals surface area contributed by atoms with E-state index in [-0.39, 0.29) is 24.5 Å². The van der Waals surface area contributed by atoms with Crippen LogP contribution in [0.2, 0.25) is 0 Å². The van der Waals surface area contributed by atoms with Crippen molar-refractivity contribution in [2.45, 2.75) is 25.8 Å². The number of nitrogens with two attached hydrogens (primary N) is 1. The second kappa shape index (κ2) is 5.74. The largest absolute Gasteiger partial charge is 0.466 e. The van der Waals surface area contributed by atoms with Crippen LogP contribution in [0.4, 0.5) is 0 Å². The lowest BCUT2D eigenvalue weighted by Gasteiger charge is -2.41. The van der Waals surface area contributed by atoms with E-state index in [1.54, 1.807) is 6.92 Å². The third-order valence-electron chi connectivity index (χ3n) is 3.53. The molecule has 0 amide bonds. The van der Waals surface area contributed by atoms with Gasteiger partial charge in [-0.25, -0.2) is 0 Å². The first kappa shape index (κ1) is 14.7. The van der Waals surface area contributed by atoms with Gasteiger partial charge < -0.3 is 10.5 Å². The van der Waals surface area contributed by atoms with Crippen molar-refractivity contribution >= 4 is 16.2 Å². The molecule has 110 valence electrons. The van der Waals surface area contributed by atoms with Crippen molar-refractivity contribution in [2.75, 3.05) is 32.8 Å². The number of piperidine rings is 1. The van der Waals surface area contributed by atoms with E-state index in [1.165, 1.54) is 8.61 Å². The minimum atomic E-state index is -3.46. The van der Waals surface area contributed by atoms with Gasteiger partial charge in [-0.3, -0.25) is 4.79 Å². The third kappa shape index (κ3) is 3.07. The highest BCUT2D eigenvalue weighted by Crippen LogP contribution is 2.24. The second-order valence-electron chi connectivity index (χ2n) is 5.03. The van der Waals surface area contributed by atoms with Crippen LogP contribution in [0.25, 0.3) is 0 Å². The Hall–Kier alpha value is -0.700. The summed E-state index contributed by atoms with van der Waals surface area (Å²) in [5.74, 6) is -0.652. The van der Waals surface area contributed by atoms with Crippen LogP contribution in [0, 0.1) is 5.92 Å². The van der Waals surface area contributed by atoms with Crippen LogP contribution in [-0.4, -0.2) is 61.8 Å². The summed E-state index contributed by atoms with van der Waals surface area (Å²) in [5.41, 5.74) is 5.61. The highest BCUT2D eigenvalue weighted by atomic mass is 32.2. The lowest BCUT2D eigenvalue weighted by atomic mass is 10.0. The first-order chi connectivity index (χ1) is 8.95. The highest BCUT2D eigenvalue weighted by Gasteiger charge is 2.40. The van der Waals surface area contributed by atoms with Crippen LogP contribution >= 0.6 is 0 Å². The topological polar surface area (TPSA) is 92.9 Å². The molecule has 2 aliphatic heterocycles. The lowest BCUT2D eigenvalue weighted by molar-refractivity contribution is -0.149. The Morgan fingerprint density at radius 3 is 2.58 bits per heavy atom. The van der Waals surface area contributed by atoms with Crippen LogP contribution in [0.1, 0.15) is 19.8 Å². The number of hydrogen-bond acceptors (Lipinski definition) is 5. The Labute approximate surface area is 113 Å². The maximum absolute atomic E-state index is 12.3. The number of ether oxygens (including phenoxy) is 1. The Kier molecular flexibility index (Phi) is 4.44. The van der Waals surface area contributed by atoms with Crippen LogP contribution in [-0.2, 0) is 19.7 Å². The summed E-state index contributed by atoms with van der Waals surface area (Å²) in [6.07, 6.45) is 1.37. The minimum Gasteiger partial charge on any atom is -0.466 e. The normalized spacial score (nSPS) is 26.9. The molecule has 0 saturated carbocycles. The fraction of sp³-hybridized carbons (Fsp3) is 0.909. The van der Waals surface area contributed by atoms with Crippen molar-refractivity contribution in [2.24, 2.45) is 11.7 Å². The van der Waals surface area contributed by atoms with Gasteiger partial charge in [-0.1, -0.05) is 0 Å². The number of esters is 1. The molecule has 0 spiro atoms. The van der Waals surface area contributed by atoms with E-state index >= 15 is 0 Å². The Bertz CT molecular complexity index is 433. The zero-order valence-electron chi connectivity index (χ0n) is 11.1. The molecular weight excluding hydrogens is 270 g/mol. The van der Waals surface area contributed by atoms with Gasteiger partial charge in [-0.05, 0) is 19.8 Å². The SMILES string of the molecule is CCOC(=O)C1CCCN(S(=O)(=O)N2CC(N)C2)C1. The Morgan fingerprint density at radius 1 is 1.32 bits per heavy atom. The molecule has 7 nitrogen and oxygen atoms in total. The van der Waals surface area contributed by atoms with Crippen molar-refractivity contribution in [3.05, 3.63) is 0 Å². The molecule has 0 bridgehead atoms. The zero-order chi connectivity index (χ0) is 14.0. The molecule has 2 heterocycles. The average molecular weight is 291 g/mol. The molecule has 0 aromatic heterocycles. The fourth-order valence-corrected chi connectivity index (χ4v) is 4.24. The standard InChI is InChI=1S/C11H21N3O4S/c1-2-18-11(15)9-4-3-5-13(6-9)19(16,17)14-7-10(12)8-14/h9-10H,2-8,12H2,1H3. The molecule has 0 aromatic rings. The van der Waals surface area contributed by atoms with E-state index in [4.69, 9.17) is 10.5 Å². The number of nitrogens with zero attached hydrogens (tertiary/aromatic N) is 2. The van der Waals surface area contributed by atoms with Crippen LogP contribution in [0.15, 0.2) is 0 Å². The minimum absolute atomic E-state index is 0.0691. The van der Waals surface area contributed by atoms with Gasteiger partial charge in [-0.2, -0.15) is 17.0 Å². The highest BCUT2D eigenvalue weighted by molar-refractivity contribution is 7.86. The summed E-state index contributed by atoms with van der Waals surface area (Å²) in [7, 11) is -3.46. The Morgan fingerprint density at radius 2 is 2.00 bits per heavy atom. The molecule has 1 unspecified atom stereocenters. The van der Waals surface area contributed by atoms with Crippen molar-refractivity contribution in [1.82, 2.24) is 8.61 Å². The molecule has 8 heteroatoms. The molecule has 2 rings (SSSR count).